The monoisotopic (exact) mass is 344 g/mol. The van der Waals surface area contributed by atoms with Crippen LogP contribution in [0.3, 0.4) is 0 Å². The van der Waals surface area contributed by atoms with E-state index in [1.807, 2.05) is 6.92 Å². The molecule has 1 heterocycles. The van der Waals surface area contributed by atoms with Gasteiger partial charge in [-0.1, -0.05) is 32.0 Å². The van der Waals surface area contributed by atoms with Crippen molar-refractivity contribution in [2.45, 2.75) is 33.6 Å². The molecule has 6 heteroatoms. The van der Waals surface area contributed by atoms with Gasteiger partial charge in [-0.25, -0.2) is 14.4 Å². The molecule has 0 saturated heterocycles. The van der Waals surface area contributed by atoms with E-state index in [2.05, 4.69) is 34.4 Å². The molecule has 0 radical (unpaired) electrons. The molecule has 0 aliphatic carbocycles. The van der Waals surface area contributed by atoms with Gasteiger partial charge in [0, 0.05) is 18.8 Å². The number of nitrogens with one attached hydrogen (secondary N) is 2. The number of hydrogen-bond donors (Lipinski definition) is 2. The summed E-state index contributed by atoms with van der Waals surface area (Å²) in [6, 6.07) is 8.33. The van der Waals surface area contributed by atoms with Crippen molar-refractivity contribution in [3.8, 4) is 0 Å². The summed E-state index contributed by atoms with van der Waals surface area (Å²) in [6.45, 7) is 7.14. The fourth-order valence-corrected chi connectivity index (χ4v) is 2.34. The summed E-state index contributed by atoms with van der Waals surface area (Å²) in [5.74, 6) is 0.483. The number of hydrogen-bond acceptors (Lipinski definition) is 4. The molecule has 0 aliphatic heterocycles. The van der Waals surface area contributed by atoms with Gasteiger partial charge < -0.3 is 10.6 Å². The van der Waals surface area contributed by atoms with Crippen LogP contribution in [0.2, 0.25) is 0 Å². The van der Waals surface area contributed by atoms with E-state index >= 15 is 0 Å². The van der Waals surface area contributed by atoms with E-state index in [4.69, 9.17) is 0 Å². The lowest BCUT2D eigenvalue weighted by Gasteiger charge is -2.10. The predicted octanol–water partition coefficient (Wildman–Crippen LogP) is 3.35. The maximum atomic E-state index is 13.6. The van der Waals surface area contributed by atoms with Crippen LogP contribution in [0.25, 0.3) is 0 Å². The number of aryl methyl sites for hydroxylation is 1. The van der Waals surface area contributed by atoms with Crippen molar-refractivity contribution in [2.24, 2.45) is 5.92 Å². The third kappa shape index (κ3) is 6.14. The van der Waals surface area contributed by atoms with Crippen LogP contribution >= 0.6 is 0 Å². The first-order valence-electron chi connectivity index (χ1n) is 8.57. The van der Waals surface area contributed by atoms with Gasteiger partial charge in [0.25, 0.3) is 5.91 Å². The Morgan fingerprint density at radius 3 is 2.68 bits per heavy atom. The normalized spacial score (nSPS) is 10.8. The first-order chi connectivity index (χ1) is 12.0. The van der Waals surface area contributed by atoms with Crippen LogP contribution in [0.1, 0.15) is 42.0 Å². The number of benzene rings is 1. The first kappa shape index (κ1) is 18.8. The maximum absolute atomic E-state index is 13.6. The lowest BCUT2D eigenvalue weighted by Crippen LogP contribution is -2.26. The molecule has 1 amide bonds. The van der Waals surface area contributed by atoms with Gasteiger partial charge in [-0.2, -0.15) is 0 Å². The van der Waals surface area contributed by atoms with Crippen molar-refractivity contribution in [2.75, 3.05) is 18.4 Å². The fraction of sp³-hybridized carbons (Fsp3) is 0.421. The van der Waals surface area contributed by atoms with Crippen molar-refractivity contribution in [1.29, 1.82) is 0 Å². The van der Waals surface area contributed by atoms with Gasteiger partial charge in [-0.3, -0.25) is 4.79 Å². The van der Waals surface area contributed by atoms with Gasteiger partial charge >= 0.3 is 0 Å². The second-order valence-electron chi connectivity index (χ2n) is 6.42. The molecule has 2 N–H and O–H groups in total. The van der Waals surface area contributed by atoms with E-state index in [1.54, 1.807) is 24.3 Å². The smallest absolute Gasteiger partial charge is 0.270 e. The maximum Gasteiger partial charge on any atom is 0.270 e. The Morgan fingerprint density at radius 2 is 1.96 bits per heavy atom. The molecule has 1 aromatic heterocycles. The zero-order valence-electron chi connectivity index (χ0n) is 15.0. The Balaban J connectivity index is 1.94. The average Bonchev–Trinajstić information content (AvgIpc) is 2.55. The van der Waals surface area contributed by atoms with E-state index in [-0.39, 0.29) is 11.7 Å². The van der Waals surface area contributed by atoms with Crippen LogP contribution in [-0.4, -0.2) is 29.0 Å². The van der Waals surface area contributed by atoms with Crippen molar-refractivity contribution < 1.29 is 9.18 Å². The highest BCUT2D eigenvalue weighted by Crippen LogP contribution is 2.09. The molecule has 0 atom stereocenters. The molecular weight excluding hydrogens is 319 g/mol. The van der Waals surface area contributed by atoms with Gasteiger partial charge in [0.2, 0.25) is 5.95 Å². The van der Waals surface area contributed by atoms with Crippen LogP contribution < -0.4 is 10.6 Å². The van der Waals surface area contributed by atoms with E-state index < -0.39 is 0 Å². The molecule has 25 heavy (non-hydrogen) atoms. The van der Waals surface area contributed by atoms with Crippen molar-refractivity contribution >= 4 is 11.9 Å². The second kappa shape index (κ2) is 9.11. The fourth-order valence-electron chi connectivity index (χ4n) is 2.34. The Hall–Kier alpha value is -2.50. The van der Waals surface area contributed by atoms with Crippen molar-refractivity contribution in [3.05, 3.63) is 53.1 Å². The average molecular weight is 344 g/mol. The molecule has 1 aromatic carbocycles. The van der Waals surface area contributed by atoms with Gasteiger partial charge in [0.05, 0.1) is 0 Å². The minimum absolute atomic E-state index is 0.205. The lowest BCUT2D eigenvalue weighted by atomic mass is 10.1. The minimum Gasteiger partial charge on any atom is -0.354 e. The topological polar surface area (TPSA) is 66.9 Å². The number of carbonyl (C=O) groups excluding carboxylic acids is 1. The molecule has 0 unspecified atom stereocenters. The Morgan fingerprint density at radius 1 is 1.20 bits per heavy atom. The number of halogens is 1. The standard InChI is InChI=1S/C19H25FN4O/c1-13(2)8-10-21-18(25)17-12-14(3)23-19(24-17)22-11-9-15-6-4-5-7-16(15)20/h4-7,12-13H,8-11H2,1-3H3,(H,21,25)(H,22,23,24). The van der Waals surface area contributed by atoms with Gasteiger partial charge in [-0.05, 0) is 43.4 Å². The van der Waals surface area contributed by atoms with Crippen LogP contribution in [0.4, 0.5) is 10.3 Å². The number of rotatable bonds is 8. The third-order valence-electron chi connectivity index (χ3n) is 3.73. The van der Waals surface area contributed by atoms with Crippen LogP contribution in [0.15, 0.2) is 30.3 Å². The van der Waals surface area contributed by atoms with Crippen molar-refractivity contribution in [1.82, 2.24) is 15.3 Å². The molecule has 0 aliphatic rings. The summed E-state index contributed by atoms with van der Waals surface area (Å²) in [7, 11) is 0. The van der Waals surface area contributed by atoms with Crippen molar-refractivity contribution in [3.63, 3.8) is 0 Å². The lowest BCUT2D eigenvalue weighted by molar-refractivity contribution is 0.0947. The van der Waals surface area contributed by atoms with Gasteiger partial charge in [0.1, 0.15) is 11.5 Å². The summed E-state index contributed by atoms with van der Waals surface area (Å²) < 4.78 is 13.6. The highest BCUT2D eigenvalue weighted by Gasteiger charge is 2.10. The number of amides is 1. The predicted molar refractivity (Wildman–Crippen MR) is 97.2 cm³/mol. The number of aromatic nitrogens is 2. The molecular formula is C19H25FN4O. The van der Waals surface area contributed by atoms with Gasteiger partial charge in [-0.15, -0.1) is 0 Å². The van der Waals surface area contributed by atoms with E-state index in [1.165, 1.54) is 6.07 Å². The molecule has 5 nitrogen and oxygen atoms in total. The zero-order chi connectivity index (χ0) is 18.2. The molecule has 0 fully saturated rings. The van der Waals surface area contributed by atoms with E-state index in [0.29, 0.717) is 48.3 Å². The summed E-state index contributed by atoms with van der Waals surface area (Å²) >= 11 is 0. The Kier molecular flexibility index (Phi) is 6.86. The SMILES string of the molecule is Cc1cc(C(=O)NCCC(C)C)nc(NCCc2ccccc2F)n1. The molecule has 0 bridgehead atoms. The summed E-state index contributed by atoms with van der Waals surface area (Å²) in [5, 5.41) is 5.93. The molecule has 2 rings (SSSR count). The number of anilines is 1. The first-order valence-corrected chi connectivity index (χ1v) is 8.57. The van der Waals surface area contributed by atoms with Gasteiger partial charge in [0.15, 0.2) is 0 Å². The quantitative estimate of drug-likeness (QED) is 0.771. The molecule has 0 saturated carbocycles. The van der Waals surface area contributed by atoms with Crippen LogP contribution in [0, 0.1) is 18.7 Å². The van der Waals surface area contributed by atoms with E-state index in [9.17, 15) is 9.18 Å². The Bertz CT molecular complexity index is 718. The highest BCUT2D eigenvalue weighted by atomic mass is 19.1. The van der Waals surface area contributed by atoms with E-state index in [0.717, 1.165) is 6.42 Å². The molecule has 0 spiro atoms. The number of carbonyl (C=O) groups is 1. The largest absolute Gasteiger partial charge is 0.354 e. The highest BCUT2D eigenvalue weighted by molar-refractivity contribution is 5.92. The van der Waals surface area contributed by atoms with Crippen LogP contribution in [0.5, 0.6) is 0 Å². The van der Waals surface area contributed by atoms with Crippen LogP contribution in [-0.2, 0) is 6.42 Å². The minimum atomic E-state index is -0.223. The second-order valence-corrected chi connectivity index (χ2v) is 6.42. The third-order valence-corrected chi connectivity index (χ3v) is 3.73. The molecule has 134 valence electrons. The summed E-state index contributed by atoms with van der Waals surface area (Å²) in [6.07, 6.45) is 1.43. The Labute approximate surface area is 148 Å². The summed E-state index contributed by atoms with van der Waals surface area (Å²) in [5.41, 5.74) is 1.68. The number of nitrogens with zero attached hydrogens (tertiary/aromatic N) is 2. The zero-order valence-corrected chi connectivity index (χ0v) is 15.0. The molecule has 2 aromatic rings. The summed E-state index contributed by atoms with van der Waals surface area (Å²) in [4.78, 5) is 20.7.